The van der Waals surface area contributed by atoms with E-state index < -0.39 is 5.60 Å². The predicted octanol–water partition coefficient (Wildman–Crippen LogP) is 0.140. The van der Waals surface area contributed by atoms with Gasteiger partial charge >= 0.3 is 5.69 Å². The maximum Gasteiger partial charge on any atom is 0.340 e. The summed E-state index contributed by atoms with van der Waals surface area (Å²) in [7, 11) is 0. The highest BCUT2D eigenvalue weighted by atomic mass is 16.5. The monoisotopic (exact) mass is 213 g/mol. The number of hydrogen-bond donors (Lipinski definition) is 2. The first-order chi connectivity index (χ1) is 7.27. The Morgan fingerprint density at radius 3 is 2.80 bits per heavy atom. The standard InChI is InChI=1S/C9H15N3O3/c1-2-15-9(3-5-14-6-4-9)7-10-8(13)12-11-7/h2-6H2,1H3,(H2,10,11,12,13). The fourth-order valence-corrected chi connectivity index (χ4v) is 1.91. The Morgan fingerprint density at radius 2 is 2.27 bits per heavy atom. The summed E-state index contributed by atoms with van der Waals surface area (Å²) in [5.74, 6) is 0.581. The van der Waals surface area contributed by atoms with Crippen molar-refractivity contribution >= 4 is 0 Å². The summed E-state index contributed by atoms with van der Waals surface area (Å²) >= 11 is 0. The highest BCUT2D eigenvalue weighted by Crippen LogP contribution is 2.33. The zero-order valence-electron chi connectivity index (χ0n) is 8.71. The van der Waals surface area contributed by atoms with Crippen LogP contribution in [0.4, 0.5) is 0 Å². The molecule has 0 unspecified atom stereocenters. The molecule has 2 N–H and O–H groups in total. The first-order valence-electron chi connectivity index (χ1n) is 5.14. The largest absolute Gasteiger partial charge is 0.381 e. The second kappa shape index (κ2) is 4.16. The fourth-order valence-electron chi connectivity index (χ4n) is 1.91. The first kappa shape index (κ1) is 10.4. The minimum Gasteiger partial charge on any atom is -0.381 e. The van der Waals surface area contributed by atoms with Crippen LogP contribution in [0.2, 0.25) is 0 Å². The molecule has 0 aromatic carbocycles. The summed E-state index contributed by atoms with van der Waals surface area (Å²) in [5.41, 5.74) is -0.776. The van der Waals surface area contributed by atoms with Gasteiger partial charge in [-0.3, -0.25) is 4.98 Å². The molecule has 6 heteroatoms. The van der Waals surface area contributed by atoms with Crippen LogP contribution in [0.15, 0.2) is 4.79 Å². The molecule has 0 amide bonds. The number of aromatic amines is 2. The van der Waals surface area contributed by atoms with Gasteiger partial charge in [-0.15, -0.1) is 0 Å². The molecule has 1 saturated heterocycles. The smallest absolute Gasteiger partial charge is 0.340 e. The maximum absolute atomic E-state index is 11.0. The van der Waals surface area contributed by atoms with Crippen molar-refractivity contribution in [1.82, 2.24) is 15.2 Å². The molecule has 0 spiro atoms. The summed E-state index contributed by atoms with van der Waals surface area (Å²) in [5, 5.41) is 6.32. The van der Waals surface area contributed by atoms with Gasteiger partial charge in [0.2, 0.25) is 0 Å². The molecule has 2 rings (SSSR count). The van der Waals surface area contributed by atoms with E-state index in [-0.39, 0.29) is 5.69 Å². The van der Waals surface area contributed by atoms with Crippen molar-refractivity contribution in [1.29, 1.82) is 0 Å². The molecule has 1 aliphatic heterocycles. The highest BCUT2D eigenvalue weighted by Gasteiger charge is 2.38. The van der Waals surface area contributed by atoms with E-state index in [4.69, 9.17) is 9.47 Å². The lowest BCUT2D eigenvalue weighted by molar-refractivity contribution is -0.117. The molecule has 15 heavy (non-hydrogen) atoms. The molecule has 1 aromatic rings. The van der Waals surface area contributed by atoms with Crippen molar-refractivity contribution in [3.63, 3.8) is 0 Å². The van der Waals surface area contributed by atoms with Crippen molar-refractivity contribution in [2.45, 2.75) is 25.4 Å². The fraction of sp³-hybridized carbons (Fsp3) is 0.778. The van der Waals surface area contributed by atoms with E-state index in [1.165, 1.54) is 0 Å². The van der Waals surface area contributed by atoms with Crippen molar-refractivity contribution in [2.75, 3.05) is 19.8 Å². The van der Waals surface area contributed by atoms with E-state index in [1.807, 2.05) is 6.92 Å². The van der Waals surface area contributed by atoms with Crippen LogP contribution in [0.3, 0.4) is 0 Å². The third-order valence-electron chi connectivity index (χ3n) is 2.65. The van der Waals surface area contributed by atoms with Gasteiger partial charge in [-0.05, 0) is 6.92 Å². The molecule has 1 fully saturated rings. The van der Waals surface area contributed by atoms with Crippen LogP contribution >= 0.6 is 0 Å². The number of ether oxygens (including phenoxy) is 2. The highest BCUT2D eigenvalue weighted by molar-refractivity contribution is 5.01. The lowest BCUT2D eigenvalue weighted by Crippen LogP contribution is -2.38. The lowest BCUT2D eigenvalue weighted by Gasteiger charge is -2.34. The molecule has 84 valence electrons. The minimum atomic E-state index is -0.480. The van der Waals surface area contributed by atoms with Crippen LogP contribution in [0.5, 0.6) is 0 Å². The van der Waals surface area contributed by atoms with Gasteiger partial charge in [-0.25, -0.2) is 9.89 Å². The summed E-state index contributed by atoms with van der Waals surface area (Å²) < 4.78 is 11.0. The van der Waals surface area contributed by atoms with E-state index in [1.54, 1.807) is 0 Å². The molecular formula is C9H15N3O3. The molecule has 1 aliphatic rings. The zero-order valence-corrected chi connectivity index (χ0v) is 8.71. The Labute approximate surface area is 87.0 Å². The maximum atomic E-state index is 11.0. The second-order valence-corrected chi connectivity index (χ2v) is 3.57. The normalized spacial score (nSPS) is 20.3. The number of nitrogens with zero attached hydrogens (tertiary/aromatic N) is 1. The molecule has 0 radical (unpaired) electrons. The van der Waals surface area contributed by atoms with Crippen LogP contribution in [-0.2, 0) is 15.1 Å². The van der Waals surface area contributed by atoms with Gasteiger partial charge in [0.25, 0.3) is 0 Å². The van der Waals surface area contributed by atoms with Crippen molar-refractivity contribution in [3.05, 3.63) is 16.3 Å². The van der Waals surface area contributed by atoms with Crippen molar-refractivity contribution in [3.8, 4) is 0 Å². The second-order valence-electron chi connectivity index (χ2n) is 3.57. The number of hydrogen-bond acceptors (Lipinski definition) is 4. The first-order valence-corrected chi connectivity index (χ1v) is 5.14. The van der Waals surface area contributed by atoms with E-state index in [0.717, 1.165) is 12.8 Å². The van der Waals surface area contributed by atoms with Crippen LogP contribution in [0.25, 0.3) is 0 Å². The Balaban J connectivity index is 2.28. The molecule has 1 aromatic heterocycles. The van der Waals surface area contributed by atoms with E-state index >= 15 is 0 Å². The Bertz CT molecular complexity index is 359. The SMILES string of the molecule is CCOC1(c2n[nH]c(=O)[nH]2)CCOCC1. The Morgan fingerprint density at radius 1 is 1.53 bits per heavy atom. The summed E-state index contributed by atoms with van der Waals surface area (Å²) in [6.07, 6.45) is 1.45. The zero-order chi connectivity index (χ0) is 10.7. The topological polar surface area (TPSA) is 80.0 Å². The quantitative estimate of drug-likeness (QED) is 0.748. The van der Waals surface area contributed by atoms with Gasteiger partial charge in [-0.1, -0.05) is 0 Å². The molecule has 2 heterocycles. The van der Waals surface area contributed by atoms with Crippen molar-refractivity contribution in [2.24, 2.45) is 0 Å². The van der Waals surface area contributed by atoms with Gasteiger partial charge in [0.1, 0.15) is 5.60 Å². The molecule has 0 bridgehead atoms. The molecular weight excluding hydrogens is 198 g/mol. The van der Waals surface area contributed by atoms with E-state index in [0.29, 0.717) is 25.6 Å². The van der Waals surface area contributed by atoms with Gasteiger partial charge in [0, 0.05) is 32.7 Å². The average Bonchev–Trinajstić information content (AvgIpc) is 2.67. The lowest BCUT2D eigenvalue weighted by atomic mass is 9.93. The van der Waals surface area contributed by atoms with E-state index in [2.05, 4.69) is 15.2 Å². The van der Waals surface area contributed by atoms with Crippen LogP contribution < -0.4 is 5.69 Å². The Hall–Kier alpha value is -1.14. The summed E-state index contributed by atoms with van der Waals surface area (Å²) in [6, 6.07) is 0. The minimum absolute atomic E-state index is 0.296. The third kappa shape index (κ3) is 1.95. The van der Waals surface area contributed by atoms with Gasteiger partial charge in [0.05, 0.1) is 0 Å². The van der Waals surface area contributed by atoms with Gasteiger partial charge in [0.15, 0.2) is 5.82 Å². The van der Waals surface area contributed by atoms with Crippen LogP contribution in [0, 0.1) is 0 Å². The summed E-state index contributed by atoms with van der Waals surface area (Å²) in [6.45, 7) is 3.79. The Kier molecular flexibility index (Phi) is 2.88. The number of aromatic nitrogens is 3. The number of H-pyrrole nitrogens is 2. The van der Waals surface area contributed by atoms with Crippen LogP contribution in [-0.4, -0.2) is 35.0 Å². The number of nitrogens with one attached hydrogen (secondary N) is 2. The van der Waals surface area contributed by atoms with Gasteiger partial charge in [-0.2, -0.15) is 5.10 Å². The third-order valence-corrected chi connectivity index (χ3v) is 2.65. The molecule has 0 atom stereocenters. The number of rotatable bonds is 3. The average molecular weight is 213 g/mol. The predicted molar refractivity (Wildman–Crippen MR) is 52.6 cm³/mol. The molecule has 6 nitrogen and oxygen atoms in total. The van der Waals surface area contributed by atoms with Crippen LogP contribution in [0.1, 0.15) is 25.6 Å². The van der Waals surface area contributed by atoms with E-state index in [9.17, 15) is 4.79 Å². The van der Waals surface area contributed by atoms with Gasteiger partial charge < -0.3 is 9.47 Å². The van der Waals surface area contributed by atoms with Crippen molar-refractivity contribution < 1.29 is 9.47 Å². The summed E-state index contributed by atoms with van der Waals surface area (Å²) in [4.78, 5) is 13.7. The molecule has 0 saturated carbocycles. The molecule has 0 aliphatic carbocycles.